The molecule has 22 heavy (non-hydrogen) atoms. The van der Waals surface area contributed by atoms with Crippen LogP contribution in [0.1, 0.15) is 12.0 Å². The summed E-state index contributed by atoms with van der Waals surface area (Å²) in [6, 6.07) is 11.2. The third-order valence-corrected chi connectivity index (χ3v) is 4.42. The van der Waals surface area contributed by atoms with Gasteiger partial charge >= 0.3 is 0 Å². The third-order valence-electron chi connectivity index (χ3n) is 4.42. The molecule has 0 amide bonds. The van der Waals surface area contributed by atoms with Gasteiger partial charge in [-0.2, -0.15) is 0 Å². The highest BCUT2D eigenvalue weighted by Gasteiger charge is 2.31. The Morgan fingerprint density at radius 3 is 2.82 bits per heavy atom. The van der Waals surface area contributed by atoms with E-state index in [0.717, 1.165) is 50.7 Å². The van der Waals surface area contributed by atoms with Crippen LogP contribution in [0.25, 0.3) is 0 Å². The van der Waals surface area contributed by atoms with Crippen LogP contribution in [0.3, 0.4) is 0 Å². The van der Waals surface area contributed by atoms with Crippen LogP contribution in [0, 0.1) is 0 Å². The summed E-state index contributed by atoms with van der Waals surface area (Å²) in [7, 11) is 0. The molecule has 2 saturated heterocycles. The van der Waals surface area contributed by atoms with Crippen molar-refractivity contribution >= 4 is 0 Å². The maximum Gasteiger partial charge on any atom is 0.141 e. The van der Waals surface area contributed by atoms with E-state index in [0.29, 0.717) is 6.04 Å². The molecule has 3 heteroatoms. The Kier molecular flexibility index (Phi) is 4.64. The van der Waals surface area contributed by atoms with Gasteiger partial charge in [0.25, 0.3) is 0 Å². The van der Waals surface area contributed by atoms with E-state index in [1.165, 1.54) is 5.56 Å². The van der Waals surface area contributed by atoms with Crippen molar-refractivity contribution in [3.63, 3.8) is 0 Å². The second-order valence-corrected chi connectivity index (χ2v) is 5.92. The summed E-state index contributed by atoms with van der Waals surface area (Å²) < 4.78 is 5.83. The summed E-state index contributed by atoms with van der Waals surface area (Å²) in [5.41, 5.74) is 2.38. The second-order valence-electron chi connectivity index (χ2n) is 5.92. The zero-order valence-corrected chi connectivity index (χ0v) is 13.1. The molecule has 0 radical (unpaired) electrons. The molecule has 116 valence electrons. The van der Waals surface area contributed by atoms with Gasteiger partial charge in [0.05, 0.1) is 12.3 Å². The first-order chi connectivity index (χ1) is 10.8. The lowest BCUT2D eigenvalue weighted by Gasteiger charge is -2.42. The molecule has 1 aromatic carbocycles. The lowest BCUT2D eigenvalue weighted by molar-refractivity contribution is 0.0963. The van der Waals surface area contributed by atoms with Crippen LogP contribution in [0.15, 0.2) is 67.1 Å². The Bertz CT molecular complexity index is 564. The highest BCUT2D eigenvalue weighted by atomic mass is 16.5. The highest BCUT2D eigenvalue weighted by Crippen LogP contribution is 2.27. The van der Waals surface area contributed by atoms with E-state index in [9.17, 15) is 0 Å². The number of piperazine rings is 1. The van der Waals surface area contributed by atoms with Gasteiger partial charge < -0.3 is 9.64 Å². The molecular formula is C19H24N2O. The van der Waals surface area contributed by atoms with Crippen molar-refractivity contribution in [2.75, 3.05) is 26.2 Å². The number of hydrogen-bond donors (Lipinski definition) is 0. The molecule has 2 fully saturated rings. The molecule has 1 unspecified atom stereocenters. The smallest absolute Gasteiger partial charge is 0.141 e. The standard InChI is InChI=1S/C19H24N2O/c1-3-7-19-16(2)21-12-11-20(15-18(21)10-13-22-19)14-17-8-5-4-6-9-17/h3-9,18H,1-2,10-15H2/b19-7+. The largest absolute Gasteiger partial charge is 0.491 e. The molecule has 0 N–H and O–H groups in total. The topological polar surface area (TPSA) is 15.7 Å². The minimum atomic E-state index is 0.487. The van der Waals surface area contributed by atoms with Crippen molar-refractivity contribution in [3.8, 4) is 0 Å². The van der Waals surface area contributed by atoms with Gasteiger partial charge in [-0.05, 0) is 11.6 Å². The fraction of sp³-hybridized carbons (Fsp3) is 0.368. The minimum Gasteiger partial charge on any atom is -0.491 e. The first-order valence-electron chi connectivity index (χ1n) is 7.95. The van der Waals surface area contributed by atoms with Crippen molar-refractivity contribution in [2.24, 2.45) is 0 Å². The van der Waals surface area contributed by atoms with Crippen LogP contribution in [-0.2, 0) is 11.3 Å². The molecule has 0 spiro atoms. The summed E-state index contributed by atoms with van der Waals surface area (Å²) in [5, 5.41) is 0. The van der Waals surface area contributed by atoms with E-state index in [2.05, 4.69) is 53.3 Å². The Hall–Kier alpha value is -2.00. The number of allylic oxidation sites excluding steroid dienone is 2. The van der Waals surface area contributed by atoms with E-state index in [1.54, 1.807) is 6.08 Å². The summed E-state index contributed by atoms with van der Waals surface area (Å²) in [4.78, 5) is 4.94. The van der Waals surface area contributed by atoms with Gasteiger partial charge in [-0.3, -0.25) is 4.90 Å². The van der Waals surface area contributed by atoms with Crippen molar-refractivity contribution < 1.29 is 4.74 Å². The fourth-order valence-corrected chi connectivity index (χ4v) is 3.29. The lowest BCUT2D eigenvalue weighted by Crippen LogP contribution is -2.51. The Morgan fingerprint density at radius 1 is 1.23 bits per heavy atom. The second kappa shape index (κ2) is 6.84. The zero-order valence-electron chi connectivity index (χ0n) is 13.1. The molecular weight excluding hydrogens is 272 g/mol. The first-order valence-corrected chi connectivity index (χ1v) is 7.95. The van der Waals surface area contributed by atoms with Crippen LogP contribution in [0.2, 0.25) is 0 Å². The highest BCUT2D eigenvalue weighted by molar-refractivity contribution is 5.27. The number of ether oxygens (including phenoxy) is 1. The molecule has 0 aromatic heterocycles. The molecule has 2 heterocycles. The van der Waals surface area contributed by atoms with E-state index < -0.39 is 0 Å². The average Bonchev–Trinajstić information content (AvgIpc) is 2.69. The molecule has 1 atom stereocenters. The summed E-state index contributed by atoms with van der Waals surface area (Å²) in [6.45, 7) is 12.9. The molecule has 3 nitrogen and oxygen atoms in total. The maximum absolute atomic E-state index is 5.83. The summed E-state index contributed by atoms with van der Waals surface area (Å²) >= 11 is 0. The van der Waals surface area contributed by atoms with Gasteiger partial charge in [0.2, 0.25) is 0 Å². The number of benzene rings is 1. The van der Waals surface area contributed by atoms with Crippen molar-refractivity contribution in [2.45, 2.75) is 19.0 Å². The van der Waals surface area contributed by atoms with E-state index >= 15 is 0 Å². The van der Waals surface area contributed by atoms with Gasteiger partial charge in [-0.25, -0.2) is 0 Å². The van der Waals surface area contributed by atoms with Crippen molar-refractivity contribution in [1.82, 2.24) is 9.80 Å². The van der Waals surface area contributed by atoms with E-state index in [1.807, 2.05) is 6.08 Å². The maximum atomic E-state index is 5.83. The molecule has 3 rings (SSSR count). The van der Waals surface area contributed by atoms with E-state index in [4.69, 9.17) is 4.74 Å². The van der Waals surface area contributed by atoms with Crippen molar-refractivity contribution in [3.05, 3.63) is 72.7 Å². The molecule has 2 aliphatic rings. The van der Waals surface area contributed by atoms with Gasteiger partial charge in [0, 0.05) is 38.6 Å². The molecule has 0 bridgehead atoms. The first kappa shape index (κ1) is 14.9. The van der Waals surface area contributed by atoms with Crippen molar-refractivity contribution in [1.29, 1.82) is 0 Å². The number of rotatable bonds is 3. The predicted octanol–water partition coefficient (Wildman–Crippen LogP) is 3.18. The van der Waals surface area contributed by atoms with Crippen LogP contribution >= 0.6 is 0 Å². The van der Waals surface area contributed by atoms with Gasteiger partial charge in [0.15, 0.2) is 0 Å². The zero-order chi connectivity index (χ0) is 15.4. The fourth-order valence-electron chi connectivity index (χ4n) is 3.29. The number of hydrogen-bond acceptors (Lipinski definition) is 3. The van der Waals surface area contributed by atoms with Crippen LogP contribution < -0.4 is 0 Å². The van der Waals surface area contributed by atoms with Gasteiger partial charge in [0.1, 0.15) is 5.76 Å². The number of nitrogens with zero attached hydrogens (tertiary/aromatic N) is 2. The minimum absolute atomic E-state index is 0.487. The average molecular weight is 296 g/mol. The van der Waals surface area contributed by atoms with E-state index in [-0.39, 0.29) is 0 Å². The van der Waals surface area contributed by atoms with Crippen LogP contribution in [0.4, 0.5) is 0 Å². The van der Waals surface area contributed by atoms with Gasteiger partial charge in [-0.1, -0.05) is 49.6 Å². The predicted molar refractivity (Wildman–Crippen MR) is 90.2 cm³/mol. The lowest BCUT2D eigenvalue weighted by atomic mass is 10.1. The monoisotopic (exact) mass is 296 g/mol. The molecule has 1 aromatic rings. The normalized spacial score (nSPS) is 24.5. The molecule has 2 aliphatic heterocycles. The third kappa shape index (κ3) is 3.25. The Labute approximate surface area is 133 Å². The Balaban J connectivity index is 1.67. The molecule has 0 aliphatic carbocycles. The molecule has 0 saturated carbocycles. The quantitative estimate of drug-likeness (QED) is 0.852. The SMILES string of the molecule is C=C/C=C1/OCCC2CN(Cc3ccccc3)CCN2C1=C. The van der Waals surface area contributed by atoms with Gasteiger partial charge in [-0.15, -0.1) is 0 Å². The number of fused-ring (bicyclic) bond motifs is 1. The summed E-state index contributed by atoms with van der Waals surface area (Å²) in [5.74, 6) is 0.869. The Morgan fingerprint density at radius 2 is 2.05 bits per heavy atom. The van der Waals surface area contributed by atoms with Crippen LogP contribution in [-0.4, -0.2) is 42.1 Å². The summed E-state index contributed by atoms with van der Waals surface area (Å²) in [6.07, 6.45) is 4.73. The van der Waals surface area contributed by atoms with Crippen LogP contribution in [0.5, 0.6) is 0 Å².